The molecule has 5 heteroatoms. The van der Waals surface area contributed by atoms with Crippen molar-refractivity contribution in [3.8, 4) is 0 Å². The van der Waals surface area contributed by atoms with Crippen LogP contribution in [-0.2, 0) is 11.2 Å². The normalized spacial score (nSPS) is 10.3. The summed E-state index contributed by atoms with van der Waals surface area (Å²) >= 11 is 0. The van der Waals surface area contributed by atoms with Crippen molar-refractivity contribution in [2.45, 2.75) is 19.3 Å². The molecule has 0 spiro atoms. The van der Waals surface area contributed by atoms with Crippen molar-refractivity contribution in [3.05, 3.63) is 35.4 Å². The molecule has 0 saturated carbocycles. The Morgan fingerprint density at radius 2 is 2.00 bits per heavy atom. The van der Waals surface area contributed by atoms with Gasteiger partial charge in [-0.1, -0.05) is 18.2 Å². The fourth-order valence-corrected chi connectivity index (χ4v) is 1.97. The SMILES string of the molecule is CNCCCC(=O)N(C)CCc1ccccc1C(=O)O. The summed E-state index contributed by atoms with van der Waals surface area (Å²) in [4.78, 5) is 24.6. The summed E-state index contributed by atoms with van der Waals surface area (Å²) in [6.07, 6.45) is 1.88. The number of carbonyl (C=O) groups excluding carboxylic acids is 1. The van der Waals surface area contributed by atoms with Gasteiger partial charge in [-0.05, 0) is 38.1 Å². The van der Waals surface area contributed by atoms with Crippen LogP contribution >= 0.6 is 0 Å². The zero-order valence-electron chi connectivity index (χ0n) is 12.1. The molecule has 0 aliphatic heterocycles. The Balaban J connectivity index is 2.50. The molecule has 0 fully saturated rings. The smallest absolute Gasteiger partial charge is 0.335 e. The van der Waals surface area contributed by atoms with Crippen molar-refractivity contribution in [2.75, 3.05) is 27.2 Å². The van der Waals surface area contributed by atoms with Crippen molar-refractivity contribution >= 4 is 11.9 Å². The minimum atomic E-state index is -0.927. The van der Waals surface area contributed by atoms with E-state index in [1.165, 1.54) is 0 Å². The van der Waals surface area contributed by atoms with Crippen molar-refractivity contribution in [2.24, 2.45) is 0 Å². The second-order valence-electron chi connectivity index (χ2n) is 4.73. The Morgan fingerprint density at radius 1 is 1.30 bits per heavy atom. The van der Waals surface area contributed by atoms with Crippen LogP contribution in [0.15, 0.2) is 24.3 Å². The molecule has 0 atom stereocenters. The summed E-state index contributed by atoms with van der Waals surface area (Å²) < 4.78 is 0. The number of nitrogens with zero attached hydrogens (tertiary/aromatic N) is 1. The average Bonchev–Trinajstić information content (AvgIpc) is 2.45. The van der Waals surface area contributed by atoms with Crippen molar-refractivity contribution < 1.29 is 14.7 Å². The lowest BCUT2D eigenvalue weighted by Gasteiger charge is -2.17. The molecule has 1 aromatic rings. The summed E-state index contributed by atoms with van der Waals surface area (Å²) in [6.45, 7) is 1.35. The summed E-state index contributed by atoms with van der Waals surface area (Å²) in [5.74, 6) is -0.836. The molecule has 1 amide bonds. The van der Waals surface area contributed by atoms with E-state index >= 15 is 0 Å². The number of hydrogen-bond donors (Lipinski definition) is 2. The second kappa shape index (κ2) is 8.32. The number of rotatable bonds is 8. The number of benzene rings is 1. The number of nitrogens with one attached hydrogen (secondary N) is 1. The van der Waals surface area contributed by atoms with E-state index in [0.717, 1.165) is 18.5 Å². The van der Waals surface area contributed by atoms with Gasteiger partial charge < -0.3 is 15.3 Å². The lowest BCUT2D eigenvalue weighted by Crippen LogP contribution is -2.29. The Bertz CT molecular complexity index is 460. The molecule has 0 bridgehead atoms. The monoisotopic (exact) mass is 278 g/mol. The molecule has 0 aromatic heterocycles. The van der Waals surface area contributed by atoms with E-state index in [1.54, 1.807) is 30.1 Å². The maximum Gasteiger partial charge on any atom is 0.335 e. The lowest BCUT2D eigenvalue weighted by atomic mass is 10.0. The number of hydrogen-bond acceptors (Lipinski definition) is 3. The van der Waals surface area contributed by atoms with Crippen LogP contribution in [0.4, 0.5) is 0 Å². The highest BCUT2D eigenvalue weighted by Crippen LogP contribution is 2.10. The van der Waals surface area contributed by atoms with Gasteiger partial charge in [0.25, 0.3) is 0 Å². The van der Waals surface area contributed by atoms with E-state index in [9.17, 15) is 9.59 Å². The number of carboxylic acids is 1. The van der Waals surface area contributed by atoms with Gasteiger partial charge in [-0.15, -0.1) is 0 Å². The van der Waals surface area contributed by atoms with Crippen LogP contribution < -0.4 is 5.32 Å². The van der Waals surface area contributed by atoms with Gasteiger partial charge >= 0.3 is 5.97 Å². The topological polar surface area (TPSA) is 69.6 Å². The summed E-state index contributed by atoms with van der Waals surface area (Å²) in [5.41, 5.74) is 1.07. The highest BCUT2D eigenvalue weighted by molar-refractivity contribution is 5.89. The maximum absolute atomic E-state index is 11.8. The predicted molar refractivity (Wildman–Crippen MR) is 77.9 cm³/mol. The van der Waals surface area contributed by atoms with Gasteiger partial charge in [0.15, 0.2) is 0 Å². The van der Waals surface area contributed by atoms with E-state index in [-0.39, 0.29) is 5.91 Å². The third kappa shape index (κ3) is 5.01. The van der Waals surface area contributed by atoms with Crippen LogP contribution in [-0.4, -0.2) is 49.1 Å². The maximum atomic E-state index is 11.8. The van der Waals surface area contributed by atoms with Crippen LogP contribution in [0.2, 0.25) is 0 Å². The second-order valence-corrected chi connectivity index (χ2v) is 4.73. The molecule has 0 radical (unpaired) electrons. The first kappa shape index (κ1) is 16.2. The van der Waals surface area contributed by atoms with Gasteiger partial charge in [-0.25, -0.2) is 4.79 Å². The Labute approximate surface area is 119 Å². The first-order valence-electron chi connectivity index (χ1n) is 6.76. The fraction of sp³-hybridized carbons (Fsp3) is 0.467. The molecular formula is C15H22N2O3. The summed E-state index contributed by atoms with van der Waals surface area (Å²) in [7, 11) is 3.61. The van der Waals surface area contributed by atoms with Gasteiger partial charge in [0.1, 0.15) is 0 Å². The molecule has 5 nitrogen and oxygen atoms in total. The quantitative estimate of drug-likeness (QED) is 0.705. The first-order valence-corrected chi connectivity index (χ1v) is 6.76. The van der Waals surface area contributed by atoms with Crippen molar-refractivity contribution in [3.63, 3.8) is 0 Å². The molecular weight excluding hydrogens is 256 g/mol. The highest BCUT2D eigenvalue weighted by Gasteiger charge is 2.12. The molecule has 0 aliphatic rings. The van der Waals surface area contributed by atoms with Crippen LogP contribution in [0.5, 0.6) is 0 Å². The molecule has 0 heterocycles. The number of carbonyl (C=O) groups is 2. The molecule has 1 rings (SSSR count). The predicted octanol–water partition coefficient (Wildman–Crippen LogP) is 1.39. The van der Waals surface area contributed by atoms with E-state index in [1.807, 2.05) is 13.1 Å². The molecule has 20 heavy (non-hydrogen) atoms. The van der Waals surface area contributed by atoms with Gasteiger partial charge in [0.05, 0.1) is 5.56 Å². The summed E-state index contributed by atoms with van der Waals surface area (Å²) in [5, 5.41) is 12.1. The van der Waals surface area contributed by atoms with Gasteiger partial charge in [-0.3, -0.25) is 4.79 Å². The third-order valence-electron chi connectivity index (χ3n) is 3.21. The Hall–Kier alpha value is -1.88. The zero-order valence-corrected chi connectivity index (χ0v) is 12.1. The minimum Gasteiger partial charge on any atom is -0.478 e. The number of likely N-dealkylation sites (N-methyl/N-ethyl adjacent to an activating group) is 1. The lowest BCUT2D eigenvalue weighted by molar-refractivity contribution is -0.129. The van der Waals surface area contributed by atoms with E-state index in [2.05, 4.69) is 5.32 Å². The first-order chi connectivity index (χ1) is 9.56. The number of aromatic carboxylic acids is 1. The van der Waals surface area contributed by atoms with E-state index in [4.69, 9.17) is 5.11 Å². The average molecular weight is 278 g/mol. The van der Waals surface area contributed by atoms with E-state index < -0.39 is 5.97 Å². The number of amides is 1. The van der Waals surface area contributed by atoms with Crippen molar-refractivity contribution in [1.29, 1.82) is 0 Å². The largest absolute Gasteiger partial charge is 0.478 e. The molecule has 110 valence electrons. The van der Waals surface area contributed by atoms with E-state index in [0.29, 0.717) is 24.9 Å². The Kier molecular flexibility index (Phi) is 6.73. The standard InChI is InChI=1S/C15H22N2O3/c1-16-10-5-8-14(18)17(2)11-9-12-6-3-4-7-13(12)15(19)20/h3-4,6-7,16H,5,8-11H2,1-2H3,(H,19,20). The van der Waals surface area contributed by atoms with Crippen molar-refractivity contribution in [1.82, 2.24) is 10.2 Å². The molecule has 0 aliphatic carbocycles. The molecule has 2 N–H and O–H groups in total. The highest BCUT2D eigenvalue weighted by atomic mass is 16.4. The van der Waals surface area contributed by atoms with Gasteiger partial charge in [-0.2, -0.15) is 0 Å². The van der Waals surface area contributed by atoms with Crippen LogP contribution in [0.3, 0.4) is 0 Å². The fourth-order valence-electron chi connectivity index (χ4n) is 1.97. The third-order valence-corrected chi connectivity index (χ3v) is 3.21. The molecule has 0 unspecified atom stereocenters. The summed E-state index contributed by atoms with van der Waals surface area (Å²) in [6, 6.07) is 6.91. The van der Waals surface area contributed by atoms with Crippen LogP contribution in [0.25, 0.3) is 0 Å². The molecule has 0 saturated heterocycles. The van der Waals surface area contributed by atoms with Gasteiger partial charge in [0, 0.05) is 20.0 Å². The Morgan fingerprint density at radius 3 is 2.65 bits per heavy atom. The number of carboxylic acid groups (broad SMARTS) is 1. The van der Waals surface area contributed by atoms with Crippen LogP contribution in [0.1, 0.15) is 28.8 Å². The minimum absolute atomic E-state index is 0.0908. The molecule has 1 aromatic carbocycles. The van der Waals surface area contributed by atoms with Gasteiger partial charge in [0.2, 0.25) is 5.91 Å². The van der Waals surface area contributed by atoms with Crippen LogP contribution in [0, 0.1) is 0 Å². The zero-order chi connectivity index (χ0) is 15.0.